The molecule has 0 saturated carbocycles. The zero-order valence-electron chi connectivity index (χ0n) is 23.1. The van der Waals surface area contributed by atoms with Crippen LogP contribution in [0.1, 0.15) is 0 Å². The van der Waals surface area contributed by atoms with E-state index in [0.717, 1.165) is 34.1 Å². The first-order valence-electron chi connectivity index (χ1n) is 14.1. The van der Waals surface area contributed by atoms with E-state index in [1.54, 1.807) is 0 Å². The summed E-state index contributed by atoms with van der Waals surface area (Å²) in [6.45, 7) is 0. The molecule has 0 aliphatic rings. The quantitative estimate of drug-likeness (QED) is 0.201. The number of hydrogen-bond donors (Lipinski definition) is 0. The van der Waals surface area contributed by atoms with E-state index in [4.69, 9.17) is 4.98 Å². The van der Waals surface area contributed by atoms with Gasteiger partial charge in [-0.2, -0.15) is 0 Å². The molecule has 0 radical (unpaired) electrons. The van der Waals surface area contributed by atoms with Gasteiger partial charge in [-0.15, -0.1) is 0 Å². The largest absolute Gasteiger partial charge is 0.308 e. The van der Waals surface area contributed by atoms with Gasteiger partial charge in [-0.05, 0) is 58.7 Å². The van der Waals surface area contributed by atoms with Gasteiger partial charge in [0.25, 0.3) is 0 Å². The Balaban J connectivity index is 1.36. The number of benzene rings is 6. The lowest BCUT2D eigenvalue weighted by Crippen LogP contribution is -2.13. The van der Waals surface area contributed by atoms with Gasteiger partial charge in [0.1, 0.15) is 5.82 Å². The zero-order valence-corrected chi connectivity index (χ0v) is 23.1. The van der Waals surface area contributed by atoms with Crippen molar-refractivity contribution in [2.24, 2.45) is 0 Å². The molecular formula is C39H29N3. The number of imidazole rings is 1. The maximum atomic E-state index is 4.74. The molecule has 0 saturated heterocycles. The Morgan fingerprint density at radius 1 is 0.405 bits per heavy atom. The molecule has 7 aromatic rings. The molecule has 0 aliphatic heterocycles. The van der Waals surface area contributed by atoms with E-state index in [0.29, 0.717) is 0 Å². The average molecular weight is 540 g/mol. The van der Waals surface area contributed by atoms with Gasteiger partial charge in [0.05, 0.1) is 11.4 Å². The van der Waals surface area contributed by atoms with E-state index in [9.17, 15) is 0 Å². The molecule has 0 N–H and O–H groups in total. The summed E-state index contributed by atoms with van der Waals surface area (Å²) < 4.78 is 2.17. The minimum atomic E-state index is 0.904. The second-order valence-corrected chi connectivity index (χ2v) is 10.1. The first-order chi connectivity index (χ1) is 20.8. The van der Waals surface area contributed by atoms with Crippen LogP contribution in [0.5, 0.6) is 0 Å². The third-order valence-corrected chi connectivity index (χ3v) is 7.52. The van der Waals surface area contributed by atoms with E-state index in [2.05, 4.69) is 167 Å². The SMILES string of the molecule is c1ccc(-c2ccc(N(c3ccc(-c4ccccc4)cc3)c3ccccc3-n3ccnc3-c3ccccc3)cc2)cc1. The van der Waals surface area contributed by atoms with Crippen molar-refractivity contribution in [2.45, 2.75) is 0 Å². The van der Waals surface area contributed by atoms with Gasteiger partial charge in [-0.1, -0.05) is 127 Å². The van der Waals surface area contributed by atoms with Crippen LogP contribution in [0.25, 0.3) is 39.3 Å². The van der Waals surface area contributed by atoms with Crippen molar-refractivity contribution in [3.8, 4) is 39.3 Å². The molecule has 3 heteroatoms. The van der Waals surface area contributed by atoms with E-state index < -0.39 is 0 Å². The summed E-state index contributed by atoms with van der Waals surface area (Å²) in [4.78, 5) is 7.07. The maximum Gasteiger partial charge on any atom is 0.144 e. The third-order valence-electron chi connectivity index (χ3n) is 7.52. The Kier molecular flexibility index (Phi) is 6.89. The molecule has 0 aliphatic carbocycles. The molecule has 7 rings (SSSR count). The van der Waals surface area contributed by atoms with E-state index in [1.165, 1.54) is 22.3 Å². The van der Waals surface area contributed by atoms with E-state index >= 15 is 0 Å². The molecule has 0 amide bonds. The highest BCUT2D eigenvalue weighted by Crippen LogP contribution is 2.40. The third kappa shape index (κ3) is 5.00. The average Bonchev–Trinajstić information content (AvgIpc) is 3.57. The minimum Gasteiger partial charge on any atom is -0.308 e. The van der Waals surface area contributed by atoms with Gasteiger partial charge in [0.15, 0.2) is 0 Å². The molecule has 6 aromatic carbocycles. The molecule has 0 bridgehead atoms. The highest BCUT2D eigenvalue weighted by Gasteiger charge is 2.19. The number of para-hydroxylation sites is 2. The number of anilines is 3. The summed E-state index contributed by atoms with van der Waals surface area (Å²) in [5, 5.41) is 0. The zero-order chi connectivity index (χ0) is 28.1. The highest BCUT2D eigenvalue weighted by molar-refractivity contribution is 5.84. The molecule has 42 heavy (non-hydrogen) atoms. The van der Waals surface area contributed by atoms with Crippen LogP contribution in [0.4, 0.5) is 17.1 Å². The van der Waals surface area contributed by atoms with Gasteiger partial charge in [0.2, 0.25) is 0 Å². The minimum absolute atomic E-state index is 0.904. The van der Waals surface area contributed by atoms with Gasteiger partial charge in [0, 0.05) is 29.3 Å². The number of nitrogens with zero attached hydrogens (tertiary/aromatic N) is 3. The number of aromatic nitrogens is 2. The van der Waals surface area contributed by atoms with Crippen LogP contribution in [-0.2, 0) is 0 Å². The monoisotopic (exact) mass is 539 g/mol. The lowest BCUT2D eigenvalue weighted by atomic mass is 10.0. The van der Waals surface area contributed by atoms with Crippen LogP contribution in [0.2, 0.25) is 0 Å². The fourth-order valence-corrected chi connectivity index (χ4v) is 5.45. The van der Waals surface area contributed by atoms with Crippen molar-refractivity contribution in [3.63, 3.8) is 0 Å². The molecule has 0 spiro atoms. The summed E-state index contributed by atoms with van der Waals surface area (Å²) >= 11 is 0. The summed E-state index contributed by atoms with van der Waals surface area (Å²) in [6.07, 6.45) is 3.91. The maximum absolute atomic E-state index is 4.74. The molecule has 1 heterocycles. The molecule has 0 atom stereocenters. The number of hydrogen-bond acceptors (Lipinski definition) is 2. The molecule has 0 fully saturated rings. The predicted octanol–water partition coefficient (Wildman–Crippen LogP) is 10.3. The van der Waals surface area contributed by atoms with Gasteiger partial charge >= 0.3 is 0 Å². The fraction of sp³-hybridized carbons (Fsp3) is 0. The lowest BCUT2D eigenvalue weighted by molar-refractivity contribution is 1.06. The Hall–Kier alpha value is -5.67. The standard InChI is InChI=1S/C39H29N3/c1-4-12-30(13-5-1)32-20-24-35(25-21-32)42(36-26-22-33(23-27-36)31-14-6-2-7-15-31)38-19-11-10-18-37(38)41-29-28-40-39(41)34-16-8-3-9-17-34/h1-29H. The van der Waals surface area contributed by atoms with Crippen LogP contribution in [0, 0.1) is 0 Å². The van der Waals surface area contributed by atoms with E-state index in [1.807, 2.05) is 18.5 Å². The van der Waals surface area contributed by atoms with Gasteiger partial charge in [-0.25, -0.2) is 4.98 Å². The smallest absolute Gasteiger partial charge is 0.144 e. The predicted molar refractivity (Wildman–Crippen MR) is 175 cm³/mol. The summed E-state index contributed by atoms with van der Waals surface area (Å²) in [5.74, 6) is 0.904. The first-order valence-corrected chi connectivity index (χ1v) is 14.1. The molecule has 200 valence electrons. The van der Waals surface area contributed by atoms with Crippen LogP contribution in [0.3, 0.4) is 0 Å². The van der Waals surface area contributed by atoms with Crippen molar-refractivity contribution in [1.82, 2.24) is 9.55 Å². The van der Waals surface area contributed by atoms with Gasteiger partial charge in [-0.3, -0.25) is 4.57 Å². The van der Waals surface area contributed by atoms with Crippen molar-refractivity contribution >= 4 is 17.1 Å². The van der Waals surface area contributed by atoms with E-state index in [-0.39, 0.29) is 0 Å². The Bertz CT molecular complexity index is 1810. The van der Waals surface area contributed by atoms with Crippen LogP contribution in [-0.4, -0.2) is 9.55 Å². The van der Waals surface area contributed by atoms with Gasteiger partial charge < -0.3 is 4.90 Å². The topological polar surface area (TPSA) is 21.1 Å². The molecule has 0 unspecified atom stereocenters. The second kappa shape index (κ2) is 11.4. The summed E-state index contributed by atoms with van der Waals surface area (Å²) in [5.41, 5.74) is 10.1. The fourth-order valence-electron chi connectivity index (χ4n) is 5.45. The lowest BCUT2D eigenvalue weighted by Gasteiger charge is -2.28. The first kappa shape index (κ1) is 25.3. The summed E-state index contributed by atoms with van der Waals surface area (Å²) in [6, 6.07) is 57.5. The Morgan fingerprint density at radius 3 is 1.36 bits per heavy atom. The number of rotatable bonds is 7. The van der Waals surface area contributed by atoms with Crippen molar-refractivity contribution in [2.75, 3.05) is 4.90 Å². The normalized spacial score (nSPS) is 10.9. The second-order valence-electron chi connectivity index (χ2n) is 10.1. The molecular weight excluding hydrogens is 510 g/mol. The van der Waals surface area contributed by atoms with Crippen LogP contribution < -0.4 is 4.90 Å². The van der Waals surface area contributed by atoms with Crippen molar-refractivity contribution in [3.05, 3.63) is 176 Å². The highest BCUT2D eigenvalue weighted by atomic mass is 15.2. The Labute approximate surface area is 246 Å². The Morgan fingerprint density at radius 2 is 0.833 bits per heavy atom. The molecule has 3 nitrogen and oxygen atoms in total. The summed E-state index contributed by atoms with van der Waals surface area (Å²) in [7, 11) is 0. The van der Waals surface area contributed by atoms with Crippen molar-refractivity contribution in [1.29, 1.82) is 0 Å². The molecule has 1 aromatic heterocycles. The van der Waals surface area contributed by atoms with Crippen LogP contribution >= 0.6 is 0 Å². The van der Waals surface area contributed by atoms with Crippen molar-refractivity contribution < 1.29 is 0 Å². The van der Waals surface area contributed by atoms with Crippen LogP contribution in [0.15, 0.2) is 176 Å².